The van der Waals surface area contributed by atoms with Gasteiger partial charge in [-0.05, 0) is 61.2 Å². The van der Waals surface area contributed by atoms with Crippen LogP contribution in [-0.2, 0) is 0 Å². The SMILES string of the molecule is C1C2CC3CC4C1CC2C34. The fourth-order valence-electron chi connectivity index (χ4n) is 4.93. The Morgan fingerprint density at radius 1 is 0.600 bits per heavy atom. The lowest BCUT2D eigenvalue weighted by atomic mass is 9.64. The van der Waals surface area contributed by atoms with Crippen LogP contribution in [0.1, 0.15) is 25.7 Å². The van der Waals surface area contributed by atoms with Crippen LogP contribution < -0.4 is 0 Å². The second-order valence-electron chi connectivity index (χ2n) is 5.13. The lowest BCUT2D eigenvalue weighted by Gasteiger charge is -2.41. The first-order valence-corrected chi connectivity index (χ1v) is 4.93. The van der Waals surface area contributed by atoms with Crippen LogP contribution in [0, 0.1) is 35.5 Å². The maximum Gasteiger partial charge on any atom is -0.0323 e. The van der Waals surface area contributed by atoms with Gasteiger partial charge in [-0.1, -0.05) is 0 Å². The molecule has 4 aliphatic rings. The van der Waals surface area contributed by atoms with Crippen molar-refractivity contribution >= 4 is 0 Å². The number of fused-ring (bicyclic) bond motifs is 2. The van der Waals surface area contributed by atoms with E-state index in [-0.39, 0.29) is 0 Å². The van der Waals surface area contributed by atoms with E-state index < -0.39 is 0 Å². The van der Waals surface area contributed by atoms with E-state index in [0.29, 0.717) is 0 Å². The van der Waals surface area contributed by atoms with Crippen LogP contribution >= 0.6 is 0 Å². The molecule has 0 aromatic heterocycles. The van der Waals surface area contributed by atoms with Crippen molar-refractivity contribution < 1.29 is 0 Å². The van der Waals surface area contributed by atoms with Gasteiger partial charge in [-0.25, -0.2) is 0 Å². The van der Waals surface area contributed by atoms with Gasteiger partial charge in [0.15, 0.2) is 0 Å². The van der Waals surface area contributed by atoms with Crippen LogP contribution in [0.5, 0.6) is 0 Å². The van der Waals surface area contributed by atoms with Crippen molar-refractivity contribution in [3.63, 3.8) is 0 Å². The van der Waals surface area contributed by atoms with Gasteiger partial charge in [0.1, 0.15) is 0 Å². The molecule has 4 aliphatic carbocycles. The fourth-order valence-corrected chi connectivity index (χ4v) is 4.93. The zero-order valence-electron chi connectivity index (χ0n) is 6.29. The summed E-state index contributed by atoms with van der Waals surface area (Å²) in [6.45, 7) is 0. The highest BCUT2D eigenvalue weighted by molar-refractivity contribution is 5.13. The van der Waals surface area contributed by atoms with Gasteiger partial charge in [-0.2, -0.15) is 0 Å². The summed E-state index contributed by atoms with van der Waals surface area (Å²) in [5.74, 6) is 7.43. The number of hydrogen-bond donors (Lipinski definition) is 0. The summed E-state index contributed by atoms with van der Waals surface area (Å²) in [7, 11) is 0. The van der Waals surface area contributed by atoms with Crippen molar-refractivity contribution in [2.75, 3.05) is 0 Å². The molecule has 54 valence electrons. The Morgan fingerprint density at radius 3 is 2.10 bits per heavy atom. The molecule has 4 fully saturated rings. The maximum atomic E-state index is 1.65. The molecule has 4 rings (SSSR count). The summed E-state index contributed by atoms with van der Waals surface area (Å²) in [4.78, 5) is 0. The molecule has 6 unspecified atom stereocenters. The second-order valence-corrected chi connectivity index (χ2v) is 5.13. The topological polar surface area (TPSA) is 0 Å². The predicted octanol–water partition coefficient (Wildman–Crippen LogP) is 2.30. The standard InChI is InChI=1S/C10H14/c1-5-2-7-4-9-6(1)3-8(5)10(7)9/h5-10H,1-4H2. The summed E-state index contributed by atoms with van der Waals surface area (Å²) in [5.41, 5.74) is 0. The van der Waals surface area contributed by atoms with E-state index in [1.165, 1.54) is 35.5 Å². The molecular weight excluding hydrogens is 120 g/mol. The van der Waals surface area contributed by atoms with E-state index in [0.717, 1.165) is 0 Å². The van der Waals surface area contributed by atoms with Gasteiger partial charge in [0.25, 0.3) is 0 Å². The maximum absolute atomic E-state index is 1.65. The number of hydrogen-bond acceptors (Lipinski definition) is 0. The first-order chi connectivity index (χ1) is 4.93. The zero-order valence-corrected chi connectivity index (χ0v) is 6.29. The van der Waals surface area contributed by atoms with E-state index in [9.17, 15) is 0 Å². The van der Waals surface area contributed by atoms with Crippen LogP contribution in [0.2, 0.25) is 0 Å². The molecule has 0 heteroatoms. The Bertz CT molecular complexity index is 188. The van der Waals surface area contributed by atoms with E-state index in [2.05, 4.69) is 0 Å². The monoisotopic (exact) mass is 134 g/mol. The van der Waals surface area contributed by atoms with E-state index in [4.69, 9.17) is 0 Å². The Kier molecular flexibility index (Phi) is 0.570. The van der Waals surface area contributed by atoms with Gasteiger partial charge in [0, 0.05) is 0 Å². The molecule has 0 aromatic rings. The van der Waals surface area contributed by atoms with Crippen molar-refractivity contribution in [2.45, 2.75) is 25.7 Å². The third kappa shape index (κ3) is 0.302. The molecule has 0 spiro atoms. The smallest absolute Gasteiger partial charge is 0.0323 e. The molecule has 0 radical (unpaired) electrons. The largest absolute Gasteiger partial charge is 0.0470 e. The van der Waals surface area contributed by atoms with Crippen molar-refractivity contribution in [3.8, 4) is 0 Å². The Labute approximate surface area is 62.0 Å². The van der Waals surface area contributed by atoms with Crippen LogP contribution in [0.25, 0.3) is 0 Å². The normalized spacial score (nSPS) is 74.4. The summed E-state index contributed by atoms with van der Waals surface area (Å²) >= 11 is 0. The average molecular weight is 134 g/mol. The summed E-state index contributed by atoms with van der Waals surface area (Å²) in [6.07, 6.45) is 6.57. The molecule has 0 amide bonds. The molecule has 0 aromatic carbocycles. The lowest BCUT2D eigenvalue weighted by molar-refractivity contribution is 0.0749. The molecule has 0 heterocycles. The Hall–Kier alpha value is 0. The van der Waals surface area contributed by atoms with E-state index in [1.54, 1.807) is 25.7 Å². The molecule has 0 nitrogen and oxygen atoms in total. The van der Waals surface area contributed by atoms with Crippen LogP contribution in [-0.4, -0.2) is 0 Å². The molecule has 4 saturated carbocycles. The minimum Gasteiger partial charge on any atom is -0.0470 e. The van der Waals surface area contributed by atoms with Crippen LogP contribution in [0.15, 0.2) is 0 Å². The highest BCUT2D eigenvalue weighted by atomic mass is 14.7. The third-order valence-electron chi connectivity index (χ3n) is 5.10. The molecule has 10 heavy (non-hydrogen) atoms. The highest BCUT2D eigenvalue weighted by Crippen LogP contribution is 2.72. The molecule has 0 aliphatic heterocycles. The Morgan fingerprint density at radius 2 is 1.20 bits per heavy atom. The minimum absolute atomic E-state index is 1.22. The molecular formula is C10H14. The first kappa shape index (κ1) is 4.79. The van der Waals surface area contributed by atoms with Gasteiger partial charge in [-0.3, -0.25) is 0 Å². The van der Waals surface area contributed by atoms with Crippen molar-refractivity contribution in [3.05, 3.63) is 0 Å². The average Bonchev–Trinajstić information content (AvgIpc) is 2.22. The van der Waals surface area contributed by atoms with E-state index in [1.807, 2.05) is 0 Å². The van der Waals surface area contributed by atoms with Gasteiger partial charge in [0.2, 0.25) is 0 Å². The van der Waals surface area contributed by atoms with E-state index >= 15 is 0 Å². The van der Waals surface area contributed by atoms with Crippen LogP contribution in [0.4, 0.5) is 0 Å². The highest BCUT2D eigenvalue weighted by Gasteiger charge is 2.65. The van der Waals surface area contributed by atoms with Gasteiger partial charge in [0.05, 0.1) is 0 Å². The minimum atomic E-state index is 1.22. The zero-order chi connectivity index (χ0) is 6.29. The predicted molar refractivity (Wildman–Crippen MR) is 39.4 cm³/mol. The van der Waals surface area contributed by atoms with Gasteiger partial charge >= 0.3 is 0 Å². The summed E-state index contributed by atoms with van der Waals surface area (Å²) in [6, 6.07) is 0. The fraction of sp³-hybridized carbons (Fsp3) is 1.00. The molecule has 0 saturated heterocycles. The number of rotatable bonds is 0. The van der Waals surface area contributed by atoms with Crippen molar-refractivity contribution in [2.24, 2.45) is 35.5 Å². The quantitative estimate of drug-likeness (QED) is 0.477. The third-order valence-corrected chi connectivity index (χ3v) is 5.10. The lowest BCUT2D eigenvalue weighted by Crippen LogP contribution is -2.35. The Balaban J connectivity index is 1.93. The second kappa shape index (κ2) is 1.19. The molecule has 6 atom stereocenters. The molecule has 2 bridgehead atoms. The van der Waals surface area contributed by atoms with Crippen LogP contribution in [0.3, 0.4) is 0 Å². The summed E-state index contributed by atoms with van der Waals surface area (Å²) < 4.78 is 0. The van der Waals surface area contributed by atoms with Crippen molar-refractivity contribution in [1.82, 2.24) is 0 Å². The van der Waals surface area contributed by atoms with Gasteiger partial charge in [-0.15, -0.1) is 0 Å². The first-order valence-electron chi connectivity index (χ1n) is 4.93. The summed E-state index contributed by atoms with van der Waals surface area (Å²) in [5, 5.41) is 0. The van der Waals surface area contributed by atoms with Gasteiger partial charge < -0.3 is 0 Å². The molecule has 0 N–H and O–H groups in total. The van der Waals surface area contributed by atoms with Crippen molar-refractivity contribution in [1.29, 1.82) is 0 Å².